The Bertz CT molecular complexity index is 303. The topological polar surface area (TPSA) is 49.6 Å². The lowest BCUT2D eigenvalue weighted by Crippen LogP contribution is -2.51. The molecule has 2 rings (SSSR count). The second kappa shape index (κ2) is 7.41. The van der Waals surface area contributed by atoms with Gasteiger partial charge in [-0.15, -0.1) is 0 Å². The Kier molecular flexibility index (Phi) is 5.85. The van der Waals surface area contributed by atoms with E-state index >= 15 is 0 Å². The van der Waals surface area contributed by atoms with Crippen molar-refractivity contribution in [2.24, 2.45) is 23.5 Å². The van der Waals surface area contributed by atoms with Gasteiger partial charge < -0.3 is 10.6 Å². The number of nitrogens with two attached hydrogens (primary N) is 1. The van der Waals surface area contributed by atoms with E-state index in [1.54, 1.807) is 0 Å². The van der Waals surface area contributed by atoms with Crippen molar-refractivity contribution in [3.63, 3.8) is 0 Å². The maximum absolute atomic E-state index is 12.6. The van der Waals surface area contributed by atoms with Gasteiger partial charge in [0.25, 0.3) is 0 Å². The zero-order valence-corrected chi connectivity index (χ0v) is 13.2. The van der Waals surface area contributed by atoms with Gasteiger partial charge in [0.2, 0.25) is 5.91 Å². The molecule has 0 aromatic heterocycles. The number of piperazine rings is 1. The second-order valence-electron chi connectivity index (χ2n) is 6.97. The Hall–Kier alpha value is -0.610. The van der Waals surface area contributed by atoms with Gasteiger partial charge in [-0.1, -0.05) is 13.8 Å². The smallest absolute Gasteiger partial charge is 0.225 e. The molecule has 20 heavy (non-hydrogen) atoms. The monoisotopic (exact) mass is 281 g/mol. The number of hydrogen-bond acceptors (Lipinski definition) is 3. The molecule has 4 heteroatoms. The summed E-state index contributed by atoms with van der Waals surface area (Å²) in [4.78, 5) is 17.1. The molecule has 2 fully saturated rings. The van der Waals surface area contributed by atoms with Crippen LogP contribution in [0, 0.1) is 17.8 Å². The molecule has 1 aliphatic heterocycles. The quantitative estimate of drug-likeness (QED) is 0.850. The highest BCUT2D eigenvalue weighted by molar-refractivity contribution is 5.79. The van der Waals surface area contributed by atoms with Crippen LogP contribution < -0.4 is 5.73 Å². The summed E-state index contributed by atoms with van der Waals surface area (Å²) in [7, 11) is 0. The summed E-state index contributed by atoms with van der Waals surface area (Å²) in [6.07, 6.45) is 4.38. The molecular formula is C16H31N3O. The first-order valence-electron chi connectivity index (χ1n) is 8.31. The van der Waals surface area contributed by atoms with E-state index in [-0.39, 0.29) is 5.92 Å². The lowest BCUT2D eigenvalue weighted by molar-refractivity contribution is -0.138. The third kappa shape index (κ3) is 4.19. The molecule has 2 N–H and O–H groups in total. The number of amides is 1. The van der Waals surface area contributed by atoms with Gasteiger partial charge >= 0.3 is 0 Å². The van der Waals surface area contributed by atoms with Gasteiger partial charge in [0, 0.05) is 38.6 Å². The Balaban J connectivity index is 1.75. The SMILES string of the molecule is CC(C)CN1CCN(C(=O)C2CCC(CN)CC2)CC1. The molecule has 1 amide bonds. The minimum absolute atomic E-state index is 0.273. The molecular weight excluding hydrogens is 250 g/mol. The fourth-order valence-corrected chi connectivity index (χ4v) is 3.57. The van der Waals surface area contributed by atoms with E-state index in [0.717, 1.165) is 65.0 Å². The number of rotatable bonds is 4. The summed E-state index contributed by atoms with van der Waals surface area (Å²) in [5, 5.41) is 0. The molecule has 116 valence electrons. The largest absolute Gasteiger partial charge is 0.340 e. The average molecular weight is 281 g/mol. The summed E-state index contributed by atoms with van der Waals surface area (Å²) in [5.41, 5.74) is 5.72. The van der Waals surface area contributed by atoms with Gasteiger partial charge in [0.15, 0.2) is 0 Å². The average Bonchev–Trinajstić information content (AvgIpc) is 2.47. The van der Waals surface area contributed by atoms with Gasteiger partial charge in [-0.25, -0.2) is 0 Å². The van der Waals surface area contributed by atoms with E-state index in [1.165, 1.54) is 0 Å². The molecule has 4 nitrogen and oxygen atoms in total. The summed E-state index contributed by atoms with van der Waals surface area (Å²) < 4.78 is 0. The molecule has 1 aliphatic carbocycles. The third-order valence-corrected chi connectivity index (χ3v) is 4.84. The minimum atomic E-state index is 0.273. The van der Waals surface area contributed by atoms with Crippen LogP contribution in [-0.2, 0) is 4.79 Å². The molecule has 0 bridgehead atoms. The number of carbonyl (C=O) groups is 1. The van der Waals surface area contributed by atoms with Crippen LogP contribution in [0.15, 0.2) is 0 Å². The van der Waals surface area contributed by atoms with Crippen LogP contribution in [-0.4, -0.2) is 55.0 Å². The Labute approximate surface area is 123 Å². The van der Waals surface area contributed by atoms with E-state index in [2.05, 4.69) is 23.6 Å². The summed E-state index contributed by atoms with van der Waals surface area (Å²) in [6, 6.07) is 0. The van der Waals surface area contributed by atoms with Gasteiger partial charge in [-0.3, -0.25) is 9.69 Å². The van der Waals surface area contributed by atoms with Crippen molar-refractivity contribution in [1.82, 2.24) is 9.80 Å². The van der Waals surface area contributed by atoms with Crippen molar-refractivity contribution in [2.45, 2.75) is 39.5 Å². The maximum atomic E-state index is 12.6. The maximum Gasteiger partial charge on any atom is 0.225 e. The molecule has 0 unspecified atom stereocenters. The number of hydrogen-bond donors (Lipinski definition) is 1. The number of carbonyl (C=O) groups excluding carboxylic acids is 1. The van der Waals surface area contributed by atoms with Crippen LogP contribution in [0.25, 0.3) is 0 Å². The number of nitrogens with zero attached hydrogens (tertiary/aromatic N) is 2. The van der Waals surface area contributed by atoms with Crippen molar-refractivity contribution in [1.29, 1.82) is 0 Å². The van der Waals surface area contributed by atoms with Gasteiger partial charge in [0.05, 0.1) is 0 Å². The Morgan fingerprint density at radius 1 is 1.10 bits per heavy atom. The van der Waals surface area contributed by atoms with E-state index in [4.69, 9.17) is 5.73 Å². The van der Waals surface area contributed by atoms with Gasteiger partial charge in [0.1, 0.15) is 0 Å². The zero-order chi connectivity index (χ0) is 14.5. The minimum Gasteiger partial charge on any atom is -0.340 e. The summed E-state index contributed by atoms with van der Waals surface area (Å²) in [6.45, 7) is 10.4. The van der Waals surface area contributed by atoms with Crippen molar-refractivity contribution in [3.8, 4) is 0 Å². The van der Waals surface area contributed by atoms with E-state index < -0.39 is 0 Å². The fourth-order valence-electron chi connectivity index (χ4n) is 3.57. The van der Waals surface area contributed by atoms with E-state index in [9.17, 15) is 4.79 Å². The lowest BCUT2D eigenvalue weighted by atomic mass is 9.81. The first kappa shape index (κ1) is 15.8. The standard InChI is InChI=1S/C16H31N3O/c1-13(2)12-18-7-9-19(10-8-18)16(20)15-5-3-14(11-17)4-6-15/h13-15H,3-12,17H2,1-2H3. The van der Waals surface area contributed by atoms with Crippen LogP contribution in [0.4, 0.5) is 0 Å². The molecule has 2 aliphatic rings. The zero-order valence-electron chi connectivity index (χ0n) is 13.2. The molecule has 0 atom stereocenters. The summed E-state index contributed by atoms with van der Waals surface area (Å²) >= 11 is 0. The van der Waals surface area contributed by atoms with Crippen LogP contribution in [0.3, 0.4) is 0 Å². The van der Waals surface area contributed by atoms with Crippen molar-refractivity contribution < 1.29 is 4.79 Å². The van der Waals surface area contributed by atoms with Crippen LogP contribution in [0.2, 0.25) is 0 Å². The molecule has 0 spiro atoms. The highest BCUT2D eigenvalue weighted by Crippen LogP contribution is 2.29. The van der Waals surface area contributed by atoms with E-state index in [0.29, 0.717) is 17.7 Å². The highest BCUT2D eigenvalue weighted by Gasteiger charge is 2.30. The molecule has 0 radical (unpaired) electrons. The summed E-state index contributed by atoms with van der Waals surface area (Å²) in [5.74, 6) is 2.05. The van der Waals surface area contributed by atoms with Gasteiger partial charge in [-0.05, 0) is 44.1 Å². The molecule has 0 aromatic rings. The van der Waals surface area contributed by atoms with E-state index in [1.807, 2.05) is 0 Å². The third-order valence-electron chi connectivity index (χ3n) is 4.84. The van der Waals surface area contributed by atoms with Gasteiger partial charge in [-0.2, -0.15) is 0 Å². The van der Waals surface area contributed by atoms with Crippen molar-refractivity contribution in [3.05, 3.63) is 0 Å². The highest BCUT2D eigenvalue weighted by atomic mass is 16.2. The van der Waals surface area contributed by atoms with Crippen LogP contribution in [0.1, 0.15) is 39.5 Å². The van der Waals surface area contributed by atoms with Crippen molar-refractivity contribution >= 4 is 5.91 Å². The molecule has 1 saturated carbocycles. The molecule has 0 aromatic carbocycles. The Morgan fingerprint density at radius 3 is 2.20 bits per heavy atom. The normalized spacial score (nSPS) is 28.9. The molecule has 1 saturated heterocycles. The van der Waals surface area contributed by atoms with Crippen molar-refractivity contribution in [2.75, 3.05) is 39.3 Å². The lowest BCUT2D eigenvalue weighted by Gasteiger charge is -2.38. The first-order valence-corrected chi connectivity index (χ1v) is 8.31. The predicted molar refractivity (Wildman–Crippen MR) is 82.4 cm³/mol. The first-order chi connectivity index (χ1) is 9.60. The fraction of sp³-hybridized carbons (Fsp3) is 0.938. The molecule has 1 heterocycles. The predicted octanol–water partition coefficient (Wildman–Crippen LogP) is 1.55. The van der Waals surface area contributed by atoms with Crippen LogP contribution >= 0.6 is 0 Å². The van der Waals surface area contributed by atoms with Crippen LogP contribution in [0.5, 0.6) is 0 Å². The second-order valence-corrected chi connectivity index (χ2v) is 6.97. The Morgan fingerprint density at radius 2 is 1.70 bits per heavy atom.